The Morgan fingerprint density at radius 1 is 0.861 bits per heavy atom. The number of benzene rings is 3. The summed E-state index contributed by atoms with van der Waals surface area (Å²) in [5.41, 5.74) is 3.70. The van der Waals surface area contributed by atoms with Crippen molar-refractivity contribution in [2.75, 3.05) is 50.2 Å². The molecule has 0 unspecified atom stereocenters. The highest BCUT2D eigenvalue weighted by Gasteiger charge is 2.26. The van der Waals surface area contributed by atoms with Gasteiger partial charge in [-0.1, -0.05) is 30.3 Å². The van der Waals surface area contributed by atoms with Gasteiger partial charge in [-0.05, 0) is 30.3 Å². The maximum atomic E-state index is 13.6. The molecule has 0 amide bonds. The van der Waals surface area contributed by atoms with Crippen LogP contribution in [0.2, 0.25) is 0 Å². The van der Waals surface area contributed by atoms with Crippen molar-refractivity contribution in [2.45, 2.75) is 0 Å². The van der Waals surface area contributed by atoms with Crippen LogP contribution in [0.25, 0.3) is 10.9 Å². The maximum absolute atomic E-state index is 13.6. The molecule has 0 bridgehead atoms. The molecule has 0 spiro atoms. The summed E-state index contributed by atoms with van der Waals surface area (Å²) in [5, 5.41) is 0.833. The summed E-state index contributed by atoms with van der Waals surface area (Å²) < 4.78 is 24.4. The molecule has 0 radical (unpaired) electrons. The molecule has 1 fully saturated rings. The van der Waals surface area contributed by atoms with Gasteiger partial charge in [-0.3, -0.25) is 9.78 Å². The number of pyridine rings is 1. The number of rotatable bonds is 6. The smallest absolute Gasteiger partial charge is 0.196 e. The average Bonchev–Trinajstić information content (AvgIpc) is 2.92. The number of piperazine rings is 1. The molecular formula is C28H27ClFN3O3. The molecule has 1 saturated heterocycles. The maximum Gasteiger partial charge on any atom is 0.196 e. The minimum absolute atomic E-state index is 0. The Kier molecular flexibility index (Phi) is 7.60. The Labute approximate surface area is 215 Å². The van der Waals surface area contributed by atoms with E-state index in [1.165, 1.54) is 12.1 Å². The van der Waals surface area contributed by atoms with Crippen molar-refractivity contribution < 1.29 is 18.7 Å². The highest BCUT2D eigenvalue weighted by atomic mass is 35.5. The predicted molar refractivity (Wildman–Crippen MR) is 143 cm³/mol. The SMILES string of the molecule is COc1cc2ncc(C(=O)c3ccccc3)c(N3CCN(c4ccc(F)cc4)CC3)c2cc1OC.Cl. The van der Waals surface area contributed by atoms with Gasteiger partial charge in [0.25, 0.3) is 0 Å². The Bertz CT molecular complexity index is 1360. The minimum atomic E-state index is -0.246. The third kappa shape index (κ3) is 4.79. The van der Waals surface area contributed by atoms with E-state index in [-0.39, 0.29) is 24.0 Å². The van der Waals surface area contributed by atoms with Crippen LogP contribution < -0.4 is 19.3 Å². The lowest BCUT2D eigenvalue weighted by atomic mass is 9.99. The van der Waals surface area contributed by atoms with Crippen molar-refractivity contribution in [2.24, 2.45) is 0 Å². The van der Waals surface area contributed by atoms with Crippen LogP contribution in [0.15, 0.2) is 72.9 Å². The van der Waals surface area contributed by atoms with Crippen LogP contribution in [-0.4, -0.2) is 51.2 Å². The molecule has 5 rings (SSSR count). The fourth-order valence-corrected chi connectivity index (χ4v) is 4.60. The molecule has 3 aromatic carbocycles. The number of anilines is 2. The number of ether oxygens (including phenoxy) is 2. The van der Waals surface area contributed by atoms with Crippen LogP contribution in [0, 0.1) is 5.82 Å². The number of carbonyl (C=O) groups excluding carboxylic acids is 1. The van der Waals surface area contributed by atoms with E-state index >= 15 is 0 Å². The Morgan fingerprint density at radius 2 is 1.47 bits per heavy atom. The van der Waals surface area contributed by atoms with Gasteiger partial charge in [0.1, 0.15) is 5.82 Å². The first-order valence-electron chi connectivity index (χ1n) is 11.5. The minimum Gasteiger partial charge on any atom is -0.493 e. The van der Waals surface area contributed by atoms with Crippen LogP contribution in [-0.2, 0) is 0 Å². The van der Waals surface area contributed by atoms with E-state index in [0.29, 0.717) is 35.7 Å². The monoisotopic (exact) mass is 507 g/mol. The summed E-state index contributed by atoms with van der Waals surface area (Å²) >= 11 is 0. The van der Waals surface area contributed by atoms with Gasteiger partial charge in [-0.15, -0.1) is 12.4 Å². The summed E-state index contributed by atoms with van der Waals surface area (Å²) in [6.45, 7) is 2.86. The topological polar surface area (TPSA) is 54.9 Å². The van der Waals surface area contributed by atoms with E-state index in [1.54, 1.807) is 32.5 Å². The molecule has 0 atom stereocenters. The van der Waals surface area contributed by atoms with Crippen molar-refractivity contribution >= 4 is 40.5 Å². The molecule has 6 nitrogen and oxygen atoms in total. The van der Waals surface area contributed by atoms with E-state index < -0.39 is 0 Å². The van der Waals surface area contributed by atoms with Gasteiger partial charge in [-0.25, -0.2) is 4.39 Å². The normalized spacial score (nSPS) is 13.3. The zero-order valence-electron chi connectivity index (χ0n) is 20.1. The first kappa shape index (κ1) is 25.3. The second-order valence-electron chi connectivity index (χ2n) is 8.39. The van der Waals surface area contributed by atoms with Crippen LogP contribution in [0.5, 0.6) is 11.5 Å². The number of carbonyl (C=O) groups is 1. The molecule has 1 aromatic heterocycles. The van der Waals surface area contributed by atoms with Crippen molar-refractivity contribution in [3.63, 3.8) is 0 Å². The highest BCUT2D eigenvalue weighted by molar-refractivity contribution is 6.16. The zero-order chi connectivity index (χ0) is 24.4. The molecule has 1 aliphatic heterocycles. The van der Waals surface area contributed by atoms with E-state index in [9.17, 15) is 9.18 Å². The van der Waals surface area contributed by atoms with Gasteiger partial charge in [0.15, 0.2) is 17.3 Å². The largest absolute Gasteiger partial charge is 0.493 e. The van der Waals surface area contributed by atoms with Gasteiger partial charge in [0.2, 0.25) is 0 Å². The van der Waals surface area contributed by atoms with Crippen molar-refractivity contribution in [1.29, 1.82) is 0 Å². The Morgan fingerprint density at radius 3 is 2.11 bits per heavy atom. The van der Waals surface area contributed by atoms with Crippen LogP contribution >= 0.6 is 12.4 Å². The van der Waals surface area contributed by atoms with Gasteiger partial charge in [-0.2, -0.15) is 0 Å². The third-order valence-corrected chi connectivity index (χ3v) is 6.41. The number of methoxy groups -OCH3 is 2. The Hall–Kier alpha value is -3.84. The molecule has 2 heterocycles. The number of ketones is 1. The number of hydrogen-bond acceptors (Lipinski definition) is 6. The summed E-state index contributed by atoms with van der Waals surface area (Å²) in [7, 11) is 3.18. The molecule has 8 heteroatoms. The number of fused-ring (bicyclic) bond motifs is 1. The fraction of sp³-hybridized carbons (Fsp3) is 0.214. The number of nitrogens with zero attached hydrogens (tertiary/aromatic N) is 3. The van der Waals surface area contributed by atoms with Crippen LogP contribution in [0.1, 0.15) is 15.9 Å². The first-order valence-corrected chi connectivity index (χ1v) is 11.5. The predicted octanol–water partition coefficient (Wildman–Crippen LogP) is 5.37. The summed E-state index contributed by atoms with van der Waals surface area (Å²) in [5.74, 6) is 0.842. The van der Waals surface area contributed by atoms with Gasteiger partial charge < -0.3 is 19.3 Å². The van der Waals surface area contributed by atoms with E-state index in [1.807, 2.05) is 42.5 Å². The standard InChI is InChI=1S/C28H26FN3O3.ClH/c1-34-25-16-22-24(17-26(25)35-2)30-18-23(28(33)19-6-4-3-5-7-19)27(22)32-14-12-31(13-15-32)21-10-8-20(29)9-11-21;/h3-11,16-18H,12-15H2,1-2H3;1H. The summed E-state index contributed by atoms with van der Waals surface area (Å²) in [4.78, 5) is 22.6. The lowest BCUT2D eigenvalue weighted by Crippen LogP contribution is -2.47. The van der Waals surface area contributed by atoms with E-state index in [4.69, 9.17) is 9.47 Å². The molecule has 4 aromatic rings. The lowest BCUT2D eigenvalue weighted by Gasteiger charge is -2.38. The van der Waals surface area contributed by atoms with Gasteiger partial charge >= 0.3 is 0 Å². The van der Waals surface area contributed by atoms with Gasteiger partial charge in [0, 0.05) is 55.1 Å². The van der Waals surface area contributed by atoms with Crippen molar-refractivity contribution in [3.8, 4) is 11.5 Å². The third-order valence-electron chi connectivity index (χ3n) is 6.41. The number of halogens is 2. The second-order valence-corrected chi connectivity index (χ2v) is 8.39. The Balaban J connectivity index is 0.00000304. The molecular weight excluding hydrogens is 481 g/mol. The lowest BCUT2D eigenvalue weighted by molar-refractivity contribution is 0.103. The second kappa shape index (κ2) is 10.8. The van der Waals surface area contributed by atoms with Crippen molar-refractivity contribution in [1.82, 2.24) is 4.98 Å². The quantitative estimate of drug-likeness (QED) is 0.327. The summed E-state index contributed by atoms with van der Waals surface area (Å²) in [6, 6.07) is 19.5. The van der Waals surface area contributed by atoms with E-state index in [0.717, 1.165) is 35.4 Å². The molecule has 0 aliphatic carbocycles. The molecule has 1 aliphatic rings. The first-order chi connectivity index (χ1) is 17.1. The highest BCUT2D eigenvalue weighted by Crippen LogP contribution is 2.38. The van der Waals surface area contributed by atoms with Gasteiger partial charge in [0.05, 0.1) is 31.0 Å². The van der Waals surface area contributed by atoms with E-state index in [2.05, 4.69) is 14.8 Å². The molecule has 186 valence electrons. The number of hydrogen-bond donors (Lipinski definition) is 0. The molecule has 0 N–H and O–H groups in total. The van der Waals surface area contributed by atoms with Crippen LogP contribution in [0.3, 0.4) is 0 Å². The zero-order valence-corrected chi connectivity index (χ0v) is 20.9. The average molecular weight is 508 g/mol. The summed E-state index contributed by atoms with van der Waals surface area (Å²) in [6.07, 6.45) is 1.66. The van der Waals surface area contributed by atoms with Crippen molar-refractivity contribution in [3.05, 3.63) is 89.9 Å². The molecule has 0 saturated carbocycles. The molecule has 36 heavy (non-hydrogen) atoms. The fourth-order valence-electron chi connectivity index (χ4n) is 4.60. The van der Waals surface area contributed by atoms with Crippen LogP contribution in [0.4, 0.5) is 15.8 Å². The number of aromatic nitrogens is 1.